The van der Waals surface area contributed by atoms with E-state index >= 15 is 4.39 Å². The molecule has 0 aliphatic carbocycles. The number of hydrogen-bond donors (Lipinski definition) is 3. The Kier molecular flexibility index (Phi) is 5.79. The van der Waals surface area contributed by atoms with E-state index in [1.165, 1.54) is 24.7 Å². The molecule has 0 aliphatic rings. The molecule has 1 aromatic carbocycles. The number of H-pyrrole nitrogens is 2. The van der Waals surface area contributed by atoms with Gasteiger partial charge in [0.05, 0.1) is 17.3 Å². The molecule has 6 rings (SSSR count). The first-order valence-electron chi connectivity index (χ1n) is 11.9. The second-order valence-corrected chi connectivity index (χ2v) is 8.66. The van der Waals surface area contributed by atoms with E-state index in [-0.39, 0.29) is 34.0 Å². The largest absolute Gasteiger partial charge is 0.325 e. The fourth-order valence-corrected chi connectivity index (χ4v) is 4.35. The molecule has 38 heavy (non-hydrogen) atoms. The molecule has 0 atom stereocenters. The van der Waals surface area contributed by atoms with Crippen molar-refractivity contribution in [2.24, 2.45) is 0 Å². The smallest absolute Gasteiger partial charge is 0.224 e. The van der Waals surface area contributed by atoms with Gasteiger partial charge in [-0.15, -0.1) is 0 Å². The van der Waals surface area contributed by atoms with E-state index in [1.807, 2.05) is 6.92 Å². The summed E-state index contributed by atoms with van der Waals surface area (Å²) in [6.45, 7) is 1.91. The van der Waals surface area contributed by atoms with Gasteiger partial charge in [-0.05, 0) is 24.6 Å². The normalized spacial score (nSPS) is 11.3. The molecule has 188 valence electrons. The molecular weight excluding hydrogens is 490 g/mol. The number of aromatic amines is 2. The van der Waals surface area contributed by atoms with Crippen molar-refractivity contribution in [3.63, 3.8) is 0 Å². The fourth-order valence-electron chi connectivity index (χ4n) is 4.35. The summed E-state index contributed by atoms with van der Waals surface area (Å²) in [5, 5.41) is 9.89. The molecule has 0 fully saturated rings. The van der Waals surface area contributed by atoms with Crippen molar-refractivity contribution in [2.75, 3.05) is 5.32 Å². The van der Waals surface area contributed by atoms with Crippen LogP contribution in [0.15, 0.2) is 61.2 Å². The molecular formula is C27H20F2N8O. The molecule has 5 heterocycles. The molecule has 0 saturated carbocycles. The van der Waals surface area contributed by atoms with Crippen molar-refractivity contribution in [1.82, 2.24) is 35.1 Å². The number of fused-ring (bicyclic) bond motifs is 2. The van der Waals surface area contributed by atoms with Crippen LogP contribution in [0.4, 0.5) is 14.5 Å². The van der Waals surface area contributed by atoms with Crippen LogP contribution >= 0.6 is 0 Å². The van der Waals surface area contributed by atoms with E-state index in [1.54, 1.807) is 36.5 Å². The first kappa shape index (κ1) is 23.3. The highest BCUT2D eigenvalue weighted by molar-refractivity contribution is 5.97. The van der Waals surface area contributed by atoms with Gasteiger partial charge >= 0.3 is 0 Å². The Labute approximate surface area is 214 Å². The van der Waals surface area contributed by atoms with Crippen molar-refractivity contribution in [2.45, 2.75) is 19.8 Å². The number of rotatable bonds is 6. The number of amides is 1. The van der Waals surface area contributed by atoms with Crippen molar-refractivity contribution < 1.29 is 13.6 Å². The SMILES string of the molecule is CCCC(=O)Nc1cncc(-c2cnc3[nH]nc(-c4nc5c(-c6ccccc6F)ccnc5[nH]4)c3c2F)c1. The van der Waals surface area contributed by atoms with Gasteiger partial charge in [0, 0.05) is 47.3 Å². The van der Waals surface area contributed by atoms with Crippen LogP contribution in [-0.4, -0.2) is 41.0 Å². The van der Waals surface area contributed by atoms with Crippen molar-refractivity contribution in [3.05, 3.63) is 72.8 Å². The number of benzene rings is 1. The van der Waals surface area contributed by atoms with E-state index in [9.17, 15) is 9.18 Å². The number of pyridine rings is 3. The standard InChI is InChI=1S/C27H20F2N8O/c1-2-5-20(38)33-15-10-14(11-30-12-15)18-13-32-25-21(22(18)29)24(36-37-25)27-34-23-17(8-9-31-26(23)35-27)16-6-3-4-7-19(16)28/h3-4,6-13H,2,5H2,1H3,(H,33,38)(H,31,34,35)(H,32,36,37). The van der Waals surface area contributed by atoms with Crippen LogP contribution in [0.5, 0.6) is 0 Å². The number of carbonyl (C=O) groups is 1. The second-order valence-electron chi connectivity index (χ2n) is 8.66. The maximum Gasteiger partial charge on any atom is 0.224 e. The minimum Gasteiger partial charge on any atom is -0.325 e. The van der Waals surface area contributed by atoms with Crippen LogP contribution in [0.1, 0.15) is 19.8 Å². The molecule has 0 saturated heterocycles. The molecule has 3 N–H and O–H groups in total. The quantitative estimate of drug-likeness (QED) is 0.266. The summed E-state index contributed by atoms with van der Waals surface area (Å²) in [6, 6.07) is 9.69. The zero-order chi connectivity index (χ0) is 26.2. The van der Waals surface area contributed by atoms with Gasteiger partial charge in [0.1, 0.15) is 22.8 Å². The third-order valence-corrected chi connectivity index (χ3v) is 6.11. The van der Waals surface area contributed by atoms with Crippen LogP contribution in [0.3, 0.4) is 0 Å². The average molecular weight is 511 g/mol. The molecule has 0 aliphatic heterocycles. The van der Waals surface area contributed by atoms with Gasteiger partial charge in [0.25, 0.3) is 0 Å². The Morgan fingerprint density at radius 2 is 1.87 bits per heavy atom. The third kappa shape index (κ3) is 4.03. The molecule has 5 aromatic heterocycles. The van der Waals surface area contributed by atoms with E-state index in [2.05, 4.69) is 40.4 Å². The highest BCUT2D eigenvalue weighted by Crippen LogP contribution is 2.35. The first-order chi connectivity index (χ1) is 18.5. The summed E-state index contributed by atoms with van der Waals surface area (Å²) in [5.74, 6) is -0.873. The molecule has 0 spiro atoms. The number of halogens is 2. The fraction of sp³-hybridized carbons (Fsp3) is 0.111. The summed E-state index contributed by atoms with van der Waals surface area (Å²) < 4.78 is 30.5. The number of carbonyl (C=O) groups excluding carboxylic acids is 1. The zero-order valence-electron chi connectivity index (χ0n) is 20.1. The van der Waals surface area contributed by atoms with Gasteiger partial charge in [-0.1, -0.05) is 25.1 Å². The molecule has 6 aromatic rings. The number of nitrogens with one attached hydrogen (secondary N) is 3. The Morgan fingerprint density at radius 3 is 2.71 bits per heavy atom. The van der Waals surface area contributed by atoms with Gasteiger partial charge in [-0.2, -0.15) is 5.10 Å². The minimum absolute atomic E-state index is 0.120. The topological polar surface area (TPSA) is 125 Å². The Morgan fingerprint density at radius 1 is 1.00 bits per heavy atom. The van der Waals surface area contributed by atoms with Crippen LogP contribution in [0.2, 0.25) is 0 Å². The van der Waals surface area contributed by atoms with Crippen molar-refractivity contribution in [3.8, 4) is 33.8 Å². The Hall–Kier alpha value is -5.06. The second kappa shape index (κ2) is 9.43. The lowest BCUT2D eigenvalue weighted by Crippen LogP contribution is -2.10. The van der Waals surface area contributed by atoms with E-state index in [0.717, 1.165) is 0 Å². The summed E-state index contributed by atoms with van der Waals surface area (Å²) in [5.41, 5.74) is 3.24. The molecule has 11 heteroatoms. The van der Waals surface area contributed by atoms with E-state index in [4.69, 9.17) is 0 Å². The maximum atomic E-state index is 16.0. The third-order valence-electron chi connectivity index (χ3n) is 6.11. The molecule has 0 unspecified atom stereocenters. The van der Waals surface area contributed by atoms with Gasteiger partial charge in [-0.25, -0.2) is 23.7 Å². The zero-order valence-corrected chi connectivity index (χ0v) is 20.1. The lowest BCUT2D eigenvalue weighted by molar-refractivity contribution is -0.116. The van der Waals surface area contributed by atoms with Crippen molar-refractivity contribution >= 4 is 33.8 Å². The summed E-state index contributed by atoms with van der Waals surface area (Å²) in [7, 11) is 0. The predicted molar refractivity (Wildman–Crippen MR) is 139 cm³/mol. The van der Waals surface area contributed by atoms with Gasteiger partial charge in [0.15, 0.2) is 17.1 Å². The van der Waals surface area contributed by atoms with E-state index in [0.29, 0.717) is 46.4 Å². The Balaban J connectivity index is 1.45. The summed E-state index contributed by atoms with van der Waals surface area (Å²) >= 11 is 0. The first-order valence-corrected chi connectivity index (χ1v) is 11.9. The predicted octanol–water partition coefficient (Wildman–Crippen LogP) is 5.64. The van der Waals surface area contributed by atoms with E-state index < -0.39 is 11.6 Å². The molecule has 9 nitrogen and oxygen atoms in total. The molecule has 1 amide bonds. The summed E-state index contributed by atoms with van der Waals surface area (Å²) in [6.07, 6.45) is 7.00. The van der Waals surface area contributed by atoms with Crippen molar-refractivity contribution in [1.29, 1.82) is 0 Å². The number of hydrogen-bond acceptors (Lipinski definition) is 6. The van der Waals surface area contributed by atoms with Crippen LogP contribution < -0.4 is 5.32 Å². The van der Waals surface area contributed by atoms with Gasteiger partial charge < -0.3 is 10.3 Å². The lowest BCUT2D eigenvalue weighted by Gasteiger charge is -2.08. The van der Waals surface area contributed by atoms with Gasteiger partial charge in [0.2, 0.25) is 5.91 Å². The monoisotopic (exact) mass is 510 g/mol. The Bertz CT molecular complexity index is 1830. The average Bonchev–Trinajstić information content (AvgIpc) is 3.54. The number of anilines is 1. The van der Waals surface area contributed by atoms with Gasteiger partial charge in [-0.3, -0.25) is 14.9 Å². The summed E-state index contributed by atoms with van der Waals surface area (Å²) in [4.78, 5) is 32.5. The molecule has 0 bridgehead atoms. The number of nitrogens with zero attached hydrogens (tertiary/aromatic N) is 5. The van der Waals surface area contributed by atoms with Crippen LogP contribution in [-0.2, 0) is 4.79 Å². The minimum atomic E-state index is -0.583. The van der Waals surface area contributed by atoms with Crippen LogP contribution in [0, 0.1) is 11.6 Å². The maximum absolute atomic E-state index is 16.0. The number of imidazole rings is 1. The molecule has 0 radical (unpaired) electrons. The number of aromatic nitrogens is 7. The van der Waals surface area contributed by atoms with Crippen LogP contribution in [0.25, 0.3) is 56.0 Å². The highest BCUT2D eigenvalue weighted by Gasteiger charge is 2.22. The highest BCUT2D eigenvalue weighted by atomic mass is 19.1. The lowest BCUT2D eigenvalue weighted by atomic mass is 10.1.